The summed E-state index contributed by atoms with van der Waals surface area (Å²) in [5.74, 6) is -0.834. The fraction of sp³-hybridized carbons (Fsp3) is 0.316. The lowest BCUT2D eigenvalue weighted by Gasteiger charge is -2.28. The minimum atomic E-state index is -0.386. The van der Waals surface area contributed by atoms with E-state index in [4.69, 9.17) is 4.74 Å². The highest BCUT2D eigenvalue weighted by Crippen LogP contribution is 2.23. The van der Waals surface area contributed by atoms with Crippen molar-refractivity contribution in [2.24, 2.45) is 0 Å². The van der Waals surface area contributed by atoms with E-state index in [1.165, 1.54) is 12.3 Å². The lowest BCUT2D eigenvalue weighted by molar-refractivity contribution is 0.0183. The second kappa shape index (κ2) is 7.79. The van der Waals surface area contributed by atoms with Gasteiger partial charge in [-0.2, -0.15) is 0 Å². The van der Waals surface area contributed by atoms with E-state index in [0.29, 0.717) is 31.2 Å². The highest BCUT2D eigenvalue weighted by atomic mass is 16.5. The molecule has 1 aliphatic carbocycles. The van der Waals surface area contributed by atoms with Crippen molar-refractivity contribution in [2.75, 3.05) is 0 Å². The molecule has 1 amide bonds. The van der Waals surface area contributed by atoms with Crippen molar-refractivity contribution in [3.8, 4) is 5.75 Å². The molecular formula is C19H20N2O4. The molecule has 2 aromatic rings. The quantitative estimate of drug-likeness (QED) is 0.836. The number of pyridine rings is 1. The molecule has 1 aliphatic rings. The van der Waals surface area contributed by atoms with Crippen molar-refractivity contribution >= 4 is 11.9 Å². The first-order valence-electron chi connectivity index (χ1n) is 8.34. The molecule has 0 bridgehead atoms. The van der Waals surface area contributed by atoms with Gasteiger partial charge in [-0.15, -0.1) is 0 Å². The van der Waals surface area contributed by atoms with Crippen LogP contribution in [0.3, 0.4) is 0 Å². The Morgan fingerprint density at radius 1 is 1.04 bits per heavy atom. The number of aromatic hydroxyl groups is 1. The average Bonchev–Trinajstić information content (AvgIpc) is 2.64. The predicted octanol–water partition coefficient (Wildman–Crippen LogP) is 2.69. The van der Waals surface area contributed by atoms with Crippen LogP contribution in [-0.2, 0) is 4.74 Å². The minimum Gasteiger partial charge on any atom is -0.505 e. The third-order valence-corrected chi connectivity index (χ3v) is 4.29. The lowest BCUT2D eigenvalue weighted by Crippen LogP contribution is -2.39. The third kappa shape index (κ3) is 4.35. The number of nitrogens with zero attached hydrogens (tertiary/aromatic N) is 1. The number of aromatic nitrogens is 1. The second-order valence-corrected chi connectivity index (χ2v) is 6.09. The van der Waals surface area contributed by atoms with Crippen molar-refractivity contribution in [2.45, 2.75) is 37.8 Å². The summed E-state index contributed by atoms with van der Waals surface area (Å²) < 4.78 is 5.53. The van der Waals surface area contributed by atoms with Crippen LogP contribution in [0.2, 0.25) is 0 Å². The number of nitrogens with one attached hydrogen (secondary N) is 1. The van der Waals surface area contributed by atoms with Crippen molar-refractivity contribution in [1.82, 2.24) is 10.3 Å². The molecule has 0 atom stereocenters. The van der Waals surface area contributed by atoms with Crippen LogP contribution in [0.25, 0.3) is 0 Å². The highest BCUT2D eigenvalue weighted by Gasteiger charge is 2.26. The zero-order valence-electron chi connectivity index (χ0n) is 13.7. The van der Waals surface area contributed by atoms with E-state index in [1.54, 1.807) is 30.3 Å². The number of carbonyl (C=O) groups excluding carboxylic acids is 2. The Kier molecular flexibility index (Phi) is 5.28. The van der Waals surface area contributed by atoms with E-state index < -0.39 is 0 Å². The zero-order chi connectivity index (χ0) is 17.6. The van der Waals surface area contributed by atoms with Gasteiger partial charge >= 0.3 is 5.97 Å². The van der Waals surface area contributed by atoms with Gasteiger partial charge in [0.25, 0.3) is 5.91 Å². The first-order valence-corrected chi connectivity index (χ1v) is 8.34. The smallest absolute Gasteiger partial charge is 0.338 e. The molecule has 3 rings (SSSR count). The summed E-state index contributed by atoms with van der Waals surface area (Å²) >= 11 is 0. The van der Waals surface area contributed by atoms with Gasteiger partial charge in [0.2, 0.25) is 0 Å². The largest absolute Gasteiger partial charge is 0.505 e. The summed E-state index contributed by atoms with van der Waals surface area (Å²) in [7, 11) is 0. The van der Waals surface area contributed by atoms with E-state index in [-0.39, 0.29) is 35.5 Å². The number of hydrogen-bond acceptors (Lipinski definition) is 5. The van der Waals surface area contributed by atoms with Crippen LogP contribution in [-0.4, -0.2) is 34.1 Å². The molecule has 1 heterocycles. The number of hydrogen-bond donors (Lipinski definition) is 2. The Balaban J connectivity index is 1.48. The molecule has 0 radical (unpaired) electrons. The van der Waals surface area contributed by atoms with Gasteiger partial charge in [0.05, 0.1) is 5.56 Å². The van der Waals surface area contributed by atoms with Crippen LogP contribution in [0, 0.1) is 0 Å². The van der Waals surface area contributed by atoms with Crippen molar-refractivity contribution in [1.29, 1.82) is 0 Å². The number of ether oxygens (including phenoxy) is 1. The normalized spacial score (nSPS) is 19.8. The van der Waals surface area contributed by atoms with Gasteiger partial charge in [0.1, 0.15) is 11.9 Å². The molecular weight excluding hydrogens is 320 g/mol. The van der Waals surface area contributed by atoms with Gasteiger partial charge in [-0.05, 0) is 49.9 Å². The zero-order valence-corrected chi connectivity index (χ0v) is 13.7. The number of amides is 1. The molecule has 2 N–H and O–H groups in total. The van der Waals surface area contributed by atoms with Crippen molar-refractivity contribution < 1.29 is 19.4 Å². The fourth-order valence-electron chi connectivity index (χ4n) is 2.94. The number of carbonyl (C=O) groups is 2. The van der Waals surface area contributed by atoms with Crippen LogP contribution in [0.4, 0.5) is 0 Å². The summed E-state index contributed by atoms with van der Waals surface area (Å²) in [6.07, 6.45) is 4.14. The fourth-order valence-corrected chi connectivity index (χ4v) is 2.94. The van der Waals surface area contributed by atoms with E-state index in [9.17, 15) is 14.7 Å². The van der Waals surface area contributed by atoms with Gasteiger partial charge in [-0.3, -0.25) is 4.79 Å². The Morgan fingerprint density at radius 2 is 1.76 bits per heavy atom. The van der Waals surface area contributed by atoms with Gasteiger partial charge in [-0.1, -0.05) is 18.2 Å². The molecule has 1 fully saturated rings. The number of rotatable bonds is 4. The van der Waals surface area contributed by atoms with Crippen LogP contribution in [0.5, 0.6) is 5.75 Å². The molecule has 0 unspecified atom stereocenters. The maximum absolute atomic E-state index is 12.2. The first-order chi connectivity index (χ1) is 12.1. The summed E-state index contributed by atoms with van der Waals surface area (Å²) in [6.45, 7) is 0. The summed E-state index contributed by atoms with van der Waals surface area (Å²) in [5.41, 5.74) is 0.573. The van der Waals surface area contributed by atoms with E-state index in [1.807, 2.05) is 6.07 Å². The average molecular weight is 340 g/mol. The highest BCUT2D eigenvalue weighted by molar-refractivity contribution is 5.94. The van der Waals surface area contributed by atoms with Gasteiger partial charge < -0.3 is 15.2 Å². The SMILES string of the molecule is O=C(OC1CCC(NC(=O)c2ncccc2O)CC1)c1ccccc1. The first kappa shape index (κ1) is 17.0. The third-order valence-electron chi connectivity index (χ3n) is 4.29. The molecule has 1 aromatic carbocycles. The van der Waals surface area contributed by atoms with E-state index in [0.717, 1.165) is 0 Å². The maximum atomic E-state index is 12.2. The second-order valence-electron chi connectivity index (χ2n) is 6.09. The van der Waals surface area contributed by atoms with Gasteiger partial charge in [0.15, 0.2) is 5.69 Å². The number of esters is 1. The lowest BCUT2D eigenvalue weighted by atomic mass is 9.92. The van der Waals surface area contributed by atoms with Crippen molar-refractivity contribution in [3.05, 3.63) is 59.9 Å². The van der Waals surface area contributed by atoms with Crippen LogP contribution < -0.4 is 5.32 Å². The Labute approximate surface area is 145 Å². The monoisotopic (exact) mass is 340 g/mol. The Morgan fingerprint density at radius 3 is 2.44 bits per heavy atom. The molecule has 1 aromatic heterocycles. The standard InChI is InChI=1S/C19H20N2O4/c22-16-7-4-12-20-17(16)18(23)21-14-8-10-15(11-9-14)25-19(24)13-5-2-1-3-6-13/h1-7,12,14-15,22H,8-11H2,(H,21,23). The molecule has 25 heavy (non-hydrogen) atoms. The Hall–Kier alpha value is -2.89. The van der Waals surface area contributed by atoms with Gasteiger partial charge in [0, 0.05) is 12.2 Å². The summed E-state index contributed by atoms with van der Waals surface area (Å²) in [4.78, 5) is 28.1. The molecule has 1 saturated carbocycles. The van der Waals surface area contributed by atoms with E-state index >= 15 is 0 Å². The van der Waals surface area contributed by atoms with Gasteiger partial charge in [-0.25, -0.2) is 9.78 Å². The molecule has 6 heteroatoms. The molecule has 0 saturated heterocycles. The number of benzene rings is 1. The maximum Gasteiger partial charge on any atom is 0.338 e. The summed E-state index contributed by atoms with van der Waals surface area (Å²) in [6, 6.07) is 11.9. The summed E-state index contributed by atoms with van der Waals surface area (Å²) in [5, 5.41) is 12.6. The minimum absolute atomic E-state index is 0.0133. The van der Waals surface area contributed by atoms with E-state index in [2.05, 4.69) is 10.3 Å². The van der Waals surface area contributed by atoms with Crippen LogP contribution >= 0.6 is 0 Å². The Bertz CT molecular complexity index is 740. The van der Waals surface area contributed by atoms with Crippen LogP contribution in [0.15, 0.2) is 48.7 Å². The molecule has 6 nitrogen and oxygen atoms in total. The molecule has 0 aliphatic heterocycles. The predicted molar refractivity (Wildman–Crippen MR) is 91.3 cm³/mol. The topological polar surface area (TPSA) is 88.5 Å². The molecule has 130 valence electrons. The molecule has 0 spiro atoms. The van der Waals surface area contributed by atoms with Crippen molar-refractivity contribution in [3.63, 3.8) is 0 Å². The van der Waals surface area contributed by atoms with Crippen LogP contribution in [0.1, 0.15) is 46.5 Å².